The zero-order chi connectivity index (χ0) is 44.5. The van der Waals surface area contributed by atoms with Crippen LogP contribution in [-0.2, 0) is 0 Å². The molecule has 3 aromatic heterocycles. The van der Waals surface area contributed by atoms with Gasteiger partial charge in [-0.25, -0.2) is 29.9 Å². The molecule has 7 nitrogen and oxygen atoms in total. The van der Waals surface area contributed by atoms with Crippen molar-refractivity contribution in [2.24, 2.45) is 0 Å². The maximum absolute atomic E-state index is 5.34. The standard InChI is InChI=1S/C60H39N7/c1-7-19-40(20-8-1)46-31-34-49-50-35-32-47(41-21-9-2-10-22-41)39-54(50)67(53(49)38-46)52-36-33-48(59-63-55(42-23-11-3-12-24-42)61-56(64-59)43-25-13-4-14-26-43)37-51(52)60-65-57(44-27-15-5-16-28-44)62-58(66-60)45-29-17-6-18-30-45/h1-39H. The first-order valence-electron chi connectivity index (χ1n) is 22.3. The van der Waals surface area contributed by atoms with E-state index in [0.717, 1.165) is 83.1 Å². The molecule has 0 amide bonds. The summed E-state index contributed by atoms with van der Waals surface area (Å²) in [6.07, 6.45) is 0. The molecule has 0 bridgehead atoms. The van der Waals surface area contributed by atoms with Crippen LogP contribution in [0.2, 0.25) is 0 Å². The van der Waals surface area contributed by atoms with Crippen molar-refractivity contribution < 1.29 is 0 Å². The summed E-state index contributed by atoms with van der Waals surface area (Å²) in [7, 11) is 0. The number of hydrogen-bond donors (Lipinski definition) is 0. The van der Waals surface area contributed by atoms with Crippen LogP contribution >= 0.6 is 0 Å². The van der Waals surface area contributed by atoms with E-state index >= 15 is 0 Å². The summed E-state index contributed by atoms with van der Waals surface area (Å²) in [4.78, 5) is 31.1. The van der Waals surface area contributed by atoms with Crippen molar-refractivity contribution in [3.05, 3.63) is 237 Å². The zero-order valence-electron chi connectivity index (χ0n) is 36.1. The van der Waals surface area contributed by atoms with Gasteiger partial charge < -0.3 is 4.57 Å². The predicted octanol–water partition coefficient (Wildman–Crippen LogP) is 14.5. The van der Waals surface area contributed by atoms with Crippen LogP contribution in [0, 0.1) is 0 Å². The lowest BCUT2D eigenvalue weighted by atomic mass is 10.0. The third-order valence-corrected chi connectivity index (χ3v) is 12.1. The summed E-state index contributed by atoms with van der Waals surface area (Å²) in [6.45, 7) is 0. The zero-order valence-corrected chi connectivity index (χ0v) is 36.1. The van der Waals surface area contributed by atoms with Gasteiger partial charge in [0.1, 0.15) is 0 Å². The van der Waals surface area contributed by atoms with Gasteiger partial charge in [0.15, 0.2) is 34.9 Å². The van der Waals surface area contributed by atoms with E-state index in [2.05, 4.69) is 120 Å². The molecule has 0 aliphatic carbocycles. The van der Waals surface area contributed by atoms with Crippen molar-refractivity contribution in [3.63, 3.8) is 0 Å². The molecule has 0 saturated carbocycles. The molecule has 0 aliphatic rings. The second kappa shape index (κ2) is 17.1. The summed E-state index contributed by atoms with van der Waals surface area (Å²) >= 11 is 0. The van der Waals surface area contributed by atoms with Crippen LogP contribution < -0.4 is 0 Å². The highest BCUT2D eigenvalue weighted by Crippen LogP contribution is 2.41. The summed E-state index contributed by atoms with van der Waals surface area (Å²) in [5.74, 6) is 3.34. The fourth-order valence-electron chi connectivity index (χ4n) is 8.81. The van der Waals surface area contributed by atoms with E-state index in [-0.39, 0.29) is 0 Å². The molecule has 0 spiro atoms. The van der Waals surface area contributed by atoms with Crippen molar-refractivity contribution >= 4 is 21.8 Å². The summed E-state index contributed by atoms with van der Waals surface area (Å²) < 4.78 is 2.37. The maximum Gasteiger partial charge on any atom is 0.166 e. The Morgan fingerprint density at radius 2 is 0.522 bits per heavy atom. The van der Waals surface area contributed by atoms with E-state index < -0.39 is 0 Å². The monoisotopic (exact) mass is 857 g/mol. The van der Waals surface area contributed by atoms with E-state index in [1.807, 2.05) is 121 Å². The van der Waals surface area contributed by atoms with Gasteiger partial charge in [-0.15, -0.1) is 0 Å². The van der Waals surface area contributed by atoms with E-state index in [9.17, 15) is 0 Å². The highest BCUT2D eigenvalue weighted by Gasteiger charge is 2.23. The van der Waals surface area contributed by atoms with Crippen LogP contribution in [0.4, 0.5) is 0 Å². The Morgan fingerprint density at radius 1 is 0.224 bits per heavy atom. The van der Waals surface area contributed by atoms with E-state index in [1.54, 1.807) is 0 Å². The molecule has 0 aliphatic heterocycles. The molecule has 0 radical (unpaired) electrons. The van der Waals surface area contributed by atoms with E-state index in [4.69, 9.17) is 29.9 Å². The van der Waals surface area contributed by atoms with Gasteiger partial charge in [-0.05, 0) is 52.6 Å². The Labute approximate surface area is 387 Å². The molecule has 12 aromatic rings. The Balaban J connectivity index is 1.17. The van der Waals surface area contributed by atoms with Crippen LogP contribution in [0.25, 0.3) is 118 Å². The molecular weight excluding hydrogens is 819 g/mol. The van der Waals surface area contributed by atoms with Crippen LogP contribution in [-0.4, -0.2) is 34.5 Å². The van der Waals surface area contributed by atoms with Crippen LogP contribution in [0.1, 0.15) is 0 Å². The first-order valence-corrected chi connectivity index (χ1v) is 22.3. The summed E-state index contributed by atoms with van der Waals surface area (Å²) in [5.41, 5.74) is 12.6. The topological polar surface area (TPSA) is 82.3 Å². The van der Waals surface area contributed by atoms with Crippen LogP contribution in [0.15, 0.2) is 237 Å². The molecule has 314 valence electrons. The van der Waals surface area contributed by atoms with Crippen molar-refractivity contribution in [1.29, 1.82) is 0 Å². The van der Waals surface area contributed by atoms with Gasteiger partial charge in [-0.1, -0.05) is 206 Å². The second-order valence-corrected chi connectivity index (χ2v) is 16.3. The molecule has 3 heterocycles. The second-order valence-electron chi connectivity index (χ2n) is 16.3. The third-order valence-electron chi connectivity index (χ3n) is 12.1. The van der Waals surface area contributed by atoms with Crippen molar-refractivity contribution in [2.75, 3.05) is 0 Å². The molecule has 0 atom stereocenters. The summed E-state index contributed by atoms with van der Waals surface area (Å²) in [5, 5.41) is 2.26. The Kier molecular flexibility index (Phi) is 10.0. The molecule has 0 saturated heterocycles. The van der Waals surface area contributed by atoms with Crippen molar-refractivity contribution in [1.82, 2.24) is 34.5 Å². The van der Waals surface area contributed by atoms with Gasteiger partial charge in [0.05, 0.1) is 16.7 Å². The first kappa shape index (κ1) is 39.4. The number of aromatic nitrogens is 7. The highest BCUT2D eigenvalue weighted by atomic mass is 15.1. The fraction of sp³-hybridized carbons (Fsp3) is 0. The summed E-state index contributed by atoms with van der Waals surface area (Å²) in [6, 6.07) is 81.3. The lowest BCUT2D eigenvalue weighted by Crippen LogP contribution is -2.05. The van der Waals surface area contributed by atoms with Gasteiger partial charge in [0.25, 0.3) is 0 Å². The van der Waals surface area contributed by atoms with E-state index in [1.165, 1.54) is 0 Å². The Bertz CT molecular complexity index is 3500. The average molecular weight is 858 g/mol. The number of hydrogen-bond acceptors (Lipinski definition) is 6. The van der Waals surface area contributed by atoms with Crippen molar-refractivity contribution in [2.45, 2.75) is 0 Å². The SMILES string of the molecule is c1ccc(-c2ccc3c4ccc(-c5ccccc5)cc4n(-c4ccc(-c5nc(-c6ccccc6)nc(-c6ccccc6)n5)cc4-c4nc(-c5ccccc5)nc(-c5ccccc5)n4)c3c2)cc1. The van der Waals surface area contributed by atoms with Gasteiger partial charge in [0.2, 0.25) is 0 Å². The molecule has 0 unspecified atom stereocenters. The van der Waals surface area contributed by atoms with Crippen molar-refractivity contribution in [3.8, 4) is 96.3 Å². The van der Waals surface area contributed by atoms with Gasteiger partial charge >= 0.3 is 0 Å². The molecule has 0 N–H and O–H groups in total. The number of rotatable bonds is 9. The molecule has 7 heteroatoms. The fourth-order valence-corrected chi connectivity index (χ4v) is 8.81. The molecule has 67 heavy (non-hydrogen) atoms. The van der Waals surface area contributed by atoms with Gasteiger partial charge in [-0.3, -0.25) is 0 Å². The lowest BCUT2D eigenvalue weighted by Gasteiger charge is -2.17. The maximum atomic E-state index is 5.34. The molecular formula is C60H39N7. The molecule has 9 aromatic carbocycles. The number of fused-ring (bicyclic) bond motifs is 3. The number of benzene rings is 9. The van der Waals surface area contributed by atoms with Gasteiger partial charge in [0, 0.05) is 44.2 Å². The number of nitrogens with zero attached hydrogens (tertiary/aromatic N) is 7. The smallest absolute Gasteiger partial charge is 0.166 e. The largest absolute Gasteiger partial charge is 0.308 e. The predicted molar refractivity (Wildman–Crippen MR) is 271 cm³/mol. The first-order chi connectivity index (χ1) is 33.2. The minimum atomic E-state index is 0.513. The third kappa shape index (κ3) is 7.60. The highest BCUT2D eigenvalue weighted by molar-refractivity contribution is 6.11. The van der Waals surface area contributed by atoms with Gasteiger partial charge in [-0.2, -0.15) is 0 Å². The quantitative estimate of drug-likeness (QED) is 0.144. The minimum Gasteiger partial charge on any atom is -0.308 e. The lowest BCUT2D eigenvalue weighted by molar-refractivity contribution is 1.06. The van der Waals surface area contributed by atoms with Crippen LogP contribution in [0.5, 0.6) is 0 Å². The molecule has 0 fully saturated rings. The average Bonchev–Trinajstić information content (AvgIpc) is 3.74. The van der Waals surface area contributed by atoms with E-state index in [0.29, 0.717) is 34.9 Å². The Morgan fingerprint density at radius 3 is 0.881 bits per heavy atom. The minimum absolute atomic E-state index is 0.513. The Hall–Kier alpha value is -9.20. The normalized spacial score (nSPS) is 11.3. The molecule has 12 rings (SSSR count). The van der Waals surface area contributed by atoms with Crippen LogP contribution in [0.3, 0.4) is 0 Å².